The molecule has 3 heterocycles. The number of furan rings is 1. The number of benzene rings is 1. The third-order valence-corrected chi connectivity index (χ3v) is 5.05. The fourth-order valence-corrected chi connectivity index (χ4v) is 3.53. The maximum Gasteiger partial charge on any atom is 0.238 e. The van der Waals surface area contributed by atoms with E-state index in [-0.39, 0.29) is 12.3 Å². The van der Waals surface area contributed by atoms with Crippen molar-refractivity contribution in [2.24, 2.45) is 0 Å². The number of anilines is 1. The molecule has 0 atom stereocenters. The molecule has 10 heteroatoms. The molecular formula is C18H12Cl2N4O3S. The largest absolute Gasteiger partial charge is 0.461 e. The van der Waals surface area contributed by atoms with Gasteiger partial charge in [-0.1, -0.05) is 28.4 Å². The number of hydrogen-bond donors (Lipinski definition) is 1. The molecule has 4 rings (SSSR count). The van der Waals surface area contributed by atoms with Crippen LogP contribution >= 0.6 is 34.5 Å². The molecule has 1 amide bonds. The first kappa shape index (κ1) is 18.7. The minimum atomic E-state index is -0.212. The molecule has 28 heavy (non-hydrogen) atoms. The van der Waals surface area contributed by atoms with E-state index in [9.17, 15) is 4.79 Å². The van der Waals surface area contributed by atoms with Crippen LogP contribution in [0.15, 0.2) is 50.9 Å². The number of aromatic nitrogens is 3. The van der Waals surface area contributed by atoms with E-state index >= 15 is 0 Å². The first-order valence-electron chi connectivity index (χ1n) is 8.16. The molecular weight excluding hydrogens is 423 g/mol. The molecule has 0 fully saturated rings. The summed E-state index contributed by atoms with van der Waals surface area (Å²) in [7, 11) is 0. The summed E-state index contributed by atoms with van der Waals surface area (Å²) in [5.41, 5.74) is 1.36. The van der Waals surface area contributed by atoms with Gasteiger partial charge in [0, 0.05) is 28.8 Å². The van der Waals surface area contributed by atoms with Crippen molar-refractivity contribution in [2.45, 2.75) is 12.8 Å². The van der Waals surface area contributed by atoms with Crippen LogP contribution in [0.2, 0.25) is 10.0 Å². The topological polar surface area (TPSA) is 94.0 Å². The first-order chi connectivity index (χ1) is 13.6. The van der Waals surface area contributed by atoms with E-state index < -0.39 is 0 Å². The quantitative estimate of drug-likeness (QED) is 0.440. The Morgan fingerprint density at radius 1 is 1.21 bits per heavy atom. The second kappa shape index (κ2) is 8.14. The number of carbonyl (C=O) groups excluding carboxylic acids is 1. The SMILES string of the molecule is O=C(CCc1nc(-c2ccco2)no1)Nc1nc(-c2cc(Cl)ccc2Cl)cs1. The molecule has 0 saturated heterocycles. The molecule has 0 saturated carbocycles. The highest BCUT2D eigenvalue weighted by Gasteiger charge is 2.14. The van der Waals surface area contributed by atoms with Gasteiger partial charge in [-0.25, -0.2) is 4.98 Å². The minimum absolute atomic E-state index is 0.173. The molecule has 0 radical (unpaired) electrons. The van der Waals surface area contributed by atoms with Gasteiger partial charge >= 0.3 is 0 Å². The van der Waals surface area contributed by atoms with E-state index in [1.165, 1.54) is 17.6 Å². The Bertz CT molecular complexity index is 1110. The fraction of sp³-hybridized carbons (Fsp3) is 0.111. The lowest BCUT2D eigenvalue weighted by Crippen LogP contribution is -2.12. The molecule has 3 aromatic heterocycles. The molecule has 1 aromatic carbocycles. The fourth-order valence-electron chi connectivity index (χ4n) is 2.41. The molecule has 0 aliphatic carbocycles. The van der Waals surface area contributed by atoms with Crippen molar-refractivity contribution in [3.63, 3.8) is 0 Å². The van der Waals surface area contributed by atoms with Crippen molar-refractivity contribution >= 4 is 45.6 Å². The molecule has 1 N–H and O–H groups in total. The predicted molar refractivity (Wildman–Crippen MR) is 107 cm³/mol. The minimum Gasteiger partial charge on any atom is -0.461 e. The highest BCUT2D eigenvalue weighted by Crippen LogP contribution is 2.32. The number of amides is 1. The van der Waals surface area contributed by atoms with Crippen LogP contribution in [-0.4, -0.2) is 21.0 Å². The van der Waals surface area contributed by atoms with Crippen molar-refractivity contribution in [1.29, 1.82) is 0 Å². The Balaban J connectivity index is 1.36. The van der Waals surface area contributed by atoms with Gasteiger partial charge in [-0.05, 0) is 30.3 Å². The Kier molecular flexibility index (Phi) is 5.43. The summed E-state index contributed by atoms with van der Waals surface area (Å²) in [5.74, 6) is 1.00. The molecule has 0 aliphatic heterocycles. The maximum absolute atomic E-state index is 12.2. The van der Waals surface area contributed by atoms with Crippen molar-refractivity contribution in [2.75, 3.05) is 5.32 Å². The average molecular weight is 435 g/mol. The van der Waals surface area contributed by atoms with Crippen LogP contribution in [-0.2, 0) is 11.2 Å². The smallest absolute Gasteiger partial charge is 0.238 e. The average Bonchev–Trinajstić information content (AvgIpc) is 3.43. The lowest BCUT2D eigenvalue weighted by molar-refractivity contribution is -0.116. The van der Waals surface area contributed by atoms with Crippen molar-refractivity contribution in [3.8, 4) is 22.8 Å². The number of halogens is 2. The van der Waals surface area contributed by atoms with Gasteiger partial charge in [-0.15, -0.1) is 11.3 Å². The summed E-state index contributed by atoms with van der Waals surface area (Å²) in [4.78, 5) is 20.8. The summed E-state index contributed by atoms with van der Waals surface area (Å²) in [6, 6.07) is 8.61. The zero-order chi connectivity index (χ0) is 19.5. The second-order valence-corrected chi connectivity index (χ2v) is 7.40. The Morgan fingerprint density at radius 2 is 2.11 bits per heavy atom. The van der Waals surface area contributed by atoms with Crippen LogP contribution in [0.4, 0.5) is 5.13 Å². The molecule has 7 nitrogen and oxygen atoms in total. The van der Waals surface area contributed by atoms with Gasteiger partial charge in [0.2, 0.25) is 17.6 Å². The van der Waals surface area contributed by atoms with Crippen LogP contribution in [0, 0.1) is 0 Å². The summed E-state index contributed by atoms with van der Waals surface area (Å²) in [6.07, 6.45) is 2.00. The molecule has 0 unspecified atom stereocenters. The predicted octanol–water partition coefficient (Wildman–Crippen LogP) is 5.33. The van der Waals surface area contributed by atoms with E-state index in [1.54, 1.807) is 35.7 Å². The summed E-state index contributed by atoms with van der Waals surface area (Å²) >= 11 is 13.5. The van der Waals surface area contributed by atoms with E-state index in [4.69, 9.17) is 32.1 Å². The van der Waals surface area contributed by atoms with E-state index in [2.05, 4.69) is 20.4 Å². The van der Waals surface area contributed by atoms with Gasteiger partial charge in [0.25, 0.3) is 0 Å². The molecule has 0 aliphatic rings. The molecule has 0 bridgehead atoms. The number of nitrogens with one attached hydrogen (secondary N) is 1. The number of nitrogens with zero attached hydrogens (tertiary/aromatic N) is 3. The van der Waals surface area contributed by atoms with Gasteiger partial charge in [-0.2, -0.15) is 4.98 Å². The number of aryl methyl sites for hydroxylation is 1. The van der Waals surface area contributed by atoms with E-state index in [0.29, 0.717) is 50.3 Å². The van der Waals surface area contributed by atoms with Crippen LogP contribution in [0.5, 0.6) is 0 Å². The summed E-state index contributed by atoms with van der Waals surface area (Å²) < 4.78 is 10.3. The molecule has 142 valence electrons. The first-order valence-corrected chi connectivity index (χ1v) is 9.79. The van der Waals surface area contributed by atoms with Gasteiger partial charge in [0.05, 0.1) is 17.0 Å². The van der Waals surface area contributed by atoms with Gasteiger partial charge in [0.15, 0.2) is 10.9 Å². The number of hydrogen-bond acceptors (Lipinski definition) is 7. The van der Waals surface area contributed by atoms with E-state index in [1.807, 2.05) is 0 Å². The third-order valence-electron chi connectivity index (χ3n) is 3.73. The Hall–Kier alpha value is -2.68. The van der Waals surface area contributed by atoms with Crippen LogP contribution < -0.4 is 5.32 Å². The third kappa shape index (κ3) is 4.24. The van der Waals surface area contributed by atoms with Crippen molar-refractivity contribution in [1.82, 2.24) is 15.1 Å². The van der Waals surface area contributed by atoms with Crippen molar-refractivity contribution < 1.29 is 13.7 Å². The highest BCUT2D eigenvalue weighted by molar-refractivity contribution is 7.14. The van der Waals surface area contributed by atoms with Crippen LogP contribution in [0.3, 0.4) is 0 Å². The zero-order valence-electron chi connectivity index (χ0n) is 14.2. The van der Waals surface area contributed by atoms with Gasteiger partial charge in [-0.3, -0.25) is 4.79 Å². The van der Waals surface area contributed by atoms with Crippen LogP contribution in [0.25, 0.3) is 22.8 Å². The number of rotatable bonds is 6. The highest BCUT2D eigenvalue weighted by atomic mass is 35.5. The van der Waals surface area contributed by atoms with Gasteiger partial charge in [0.1, 0.15) is 0 Å². The number of thiazole rings is 1. The standard InChI is InChI=1S/C18H12Cl2N4O3S/c19-10-3-4-12(20)11(8-10)13-9-28-18(21-13)22-15(25)5-6-16-23-17(24-27-16)14-2-1-7-26-14/h1-4,7-9H,5-6H2,(H,21,22,25). The van der Waals surface area contributed by atoms with E-state index in [0.717, 1.165) is 0 Å². The second-order valence-electron chi connectivity index (χ2n) is 5.70. The zero-order valence-corrected chi connectivity index (χ0v) is 16.5. The van der Waals surface area contributed by atoms with Crippen molar-refractivity contribution in [3.05, 3.63) is 57.9 Å². The maximum atomic E-state index is 12.2. The lowest BCUT2D eigenvalue weighted by Gasteiger charge is -2.02. The number of carbonyl (C=O) groups is 1. The molecule has 0 spiro atoms. The summed E-state index contributed by atoms with van der Waals surface area (Å²) in [5, 5.41) is 9.96. The lowest BCUT2D eigenvalue weighted by atomic mass is 10.2. The normalized spacial score (nSPS) is 10.9. The Labute approximate surface area is 173 Å². The monoisotopic (exact) mass is 434 g/mol. The van der Waals surface area contributed by atoms with Gasteiger partial charge < -0.3 is 14.3 Å². The van der Waals surface area contributed by atoms with Crippen LogP contribution in [0.1, 0.15) is 12.3 Å². The Morgan fingerprint density at radius 3 is 2.93 bits per heavy atom. The molecule has 4 aromatic rings. The summed E-state index contributed by atoms with van der Waals surface area (Å²) in [6.45, 7) is 0.